The Hall–Kier alpha value is -1.91. The summed E-state index contributed by atoms with van der Waals surface area (Å²) in [5.41, 5.74) is 0.381. The Bertz CT molecular complexity index is 474. The Morgan fingerprint density at radius 1 is 1.32 bits per heavy atom. The van der Waals surface area contributed by atoms with E-state index in [4.69, 9.17) is 5.11 Å². The van der Waals surface area contributed by atoms with Crippen LogP contribution in [-0.4, -0.2) is 23.5 Å². The summed E-state index contributed by atoms with van der Waals surface area (Å²) >= 11 is 0. The van der Waals surface area contributed by atoms with Gasteiger partial charge in [-0.1, -0.05) is 26.8 Å². The number of carboxylic acid groups (broad SMARTS) is 1. The summed E-state index contributed by atoms with van der Waals surface area (Å²) < 4.78 is 13.2. The van der Waals surface area contributed by atoms with E-state index in [-0.39, 0.29) is 18.4 Å². The van der Waals surface area contributed by atoms with Crippen LogP contribution in [0.2, 0.25) is 0 Å². The van der Waals surface area contributed by atoms with Crippen molar-refractivity contribution < 1.29 is 19.1 Å². The number of hydrogen-bond donors (Lipinski definition) is 1. The summed E-state index contributed by atoms with van der Waals surface area (Å²) in [6.45, 7) is 4.98. The standard InChI is InChI=1S/C14H18FNO3/c1-9(2)13(17)16(8-10(3)14(18)19)12-6-4-5-11(15)7-12/h4-7,9-10H,8H2,1-3H3,(H,18,19). The molecule has 0 spiro atoms. The minimum absolute atomic E-state index is 0.0236. The summed E-state index contributed by atoms with van der Waals surface area (Å²) in [6.07, 6.45) is 0. The van der Waals surface area contributed by atoms with E-state index in [1.54, 1.807) is 19.9 Å². The van der Waals surface area contributed by atoms with Gasteiger partial charge in [0.25, 0.3) is 0 Å². The van der Waals surface area contributed by atoms with Crippen molar-refractivity contribution in [1.82, 2.24) is 0 Å². The van der Waals surface area contributed by atoms with Gasteiger partial charge in [-0.25, -0.2) is 4.39 Å². The molecule has 0 bridgehead atoms. The van der Waals surface area contributed by atoms with Gasteiger partial charge in [0.05, 0.1) is 5.92 Å². The minimum Gasteiger partial charge on any atom is -0.481 e. The van der Waals surface area contributed by atoms with Gasteiger partial charge >= 0.3 is 5.97 Å². The largest absolute Gasteiger partial charge is 0.481 e. The molecule has 0 saturated carbocycles. The third kappa shape index (κ3) is 4.05. The Balaban J connectivity index is 3.05. The molecule has 0 aliphatic heterocycles. The molecule has 0 fully saturated rings. The fraction of sp³-hybridized carbons (Fsp3) is 0.429. The maximum absolute atomic E-state index is 13.2. The fourth-order valence-corrected chi connectivity index (χ4v) is 1.63. The molecule has 1 atom stereocenters. The molecule has 1 rings (SSSR count). The number of aliphatic carboxylic acids is 1. The number of halogens is 1. The number of carbonyl (C=O) groups is 2. The van der Waals surface area contributed by atoms with Gasteiger partial charge < -0.3 is 10.0 Å². The van der Waals surface area contributed by atoms with E-state index in [9.17, 15) is 14.0 Å². The predicted molar refractivity (Wildman–Crippen MR) is 70.4 cm³/mol. The summed E-state index contributed by atoms with van der Waals surface area (Å²) in [5, 5.41) is 8.94. The average Bonchev–Trinajstić information content (AvgIpc) is 2.34. The molecule has 104 valence electrons. The van der Waals surface area contributed by atoms with Crippen LogP contribution >= 0.6 is 0 Å². The Morgan fingerprint density at radius 3 is 2.42 bits per heavy atom. The molecule has 1 amide bonds. The monoisotopic (exact) mass is 267 g/mol. The zero-order valence-corrected chi connectivity index (χ0v) is 11.3. The number of amides is 1. The summed E-state index contributed by atoms with van der Waals surface area (Å²) in [4.78, 5) is 24.4. The van der Waals surface area contributed by atoms with Crippen molar-refractivity contribution in [2.45, 2.75) is 20.8 Å². The van der Waals surface area contributed by atoms with Crippen molar-refractivity contribution in [2.24, 2.45) is 11.8 Å². The molecule has 1 aromatic rings. The molecule has 1 aromatic carbocycles. The quantitative estimate of drug-likeness (QED) is 0.891. The van der Waals surface area contributed by atoms with Crippen molar-refractivity contribution >= 4 is 17.6 Å². The van der Waals surface area contributed by atoms with Gasteiger partial charge in [-0.05, 0) is 18.2 Å². The summed E-state index contributed by atoms with van der Waals surface area (Å²) in [7, 11) is 0. The number of nitrogens with zero attached hydrogens (tertiary/aromatic N) is 1. The highest BCUT2D eigenvalue weighted by atomic mass is 19.1. The molecule has 0 aromatic heterocycles. The molecule has 0 heterocycles. The van der Waals surface area contributed by atoms with Crippen LogP contribution < -0.4 is 4.90 Å². The lowest BCUT2D eigenvalue weighted by Gasteiger charge is -2.26. The van der Waals surface area contributed by atoms with Gasteiger partial charge in [-0.2, -0.15) is 0 Å². The van der Waals surface area contributed by atoms with Crippen LogP contribution in [0.4, 0.5) is 10.1 Å². The first-order chi connectivity index (χ1) is 8.82. The highest BCUT2D eigenvalue weighted by Gasteiger charge is 2.24. The van der Waals surface area contributed by atoms with Crippen molar-refractivity contribution in [3.63, 3.8) is 0 Å². The van der Waals surface area contributed by atoms with E-state index in [0.717, 1.165) is 0 Å². The molecule has 0 aliphatic rings. The van der Waals surface area contributed by atoms with Crippen LogP contribution in [0.3, 0.4) is 0 Å². The van der Waals surface area contributed by atoms with Gasteiger partial charge in [-0.3, -0.25) is 9.59 Å². The second kappa shape index (κ2) is 6.31. The molecule has 4 nitrogen and oxygen atoms in total. The van der Waals surface area contributed by atoms with Crippen molar-refractivity contribution in [2.75, 3.05) is 11.4 Å². The highest BCUT2D eigenvalue weighted by Crippen LogP contribution is 2.19. The van der Waals surface area contributed by atoms with Crippen molar-refractivity contribution in [3.05, 3.63) is 30.1 Å². The summed E-state index contributed by atoms with van der Waals surface area (Å²) in [6, 6.07) is 5.60. The predicted octanol–water partition coefficient (Wildman–Crippen LogP) is 2.54. The molecule has 19 heavy (non-hydrogen) atoms. The smallest absolute Gasteiger partial charge is 0.308 e. The zero-order chi connectivity index (χ0) is 14.6. The number of carboxylic acids is 1. The molecule has 0 saturated heterocycles. The Morgan fingerprint density at radius 2 is 1.95 bits per heavy atom. The zero-order valence-electron chi connectivity index (χ0n) is 11.3. The normalized spacial score (nSPS) is 12.3. The number of anilines is 1. The van der Waals surface area contributed by atoms with Crippen molar-refractivity contribution in [1.29, 1.82) is 0 Å². The first-order valence-corrected chi connectivity index (χ1v) is 6.12. The molecule has 0 radical (unpaired) electrons. The lowest BCUT2D eigenvalue weighted by atomic mass is 10.1. The van der Waals surface area contributed by atoms with Gasteiger partial charge in [-0.15, -0.1) is 0 Å². The van der Waals surface area contributed by atoms with Gasteiger partial charge in [0.15, 0.2) is 0 Å². The SMILES string of the molecule is CC(C)C(=O)N(CC(C)C(=O)O)c1cccc(F)c1. The van der Waals surface area contributed by atoms with E-state index in [1.165, 1.54) is 30.0 Å². The van der Waals surface area contributed by atoms with Gasteiger partial charge in [0.2, 0.25) is 5.91 Å². The third-order valence-electron chi connectivity index (χ3n) is 2.76. The molecule has 0 aliphatic carbocycles. The first kappa shape index (κ1) is 15.1. The molecule has 5 heteroatoms. The lowest BCUT2D eigenvalue weighted by molar-refractivity contribution is -0.140. The van der Waals surface area contributed by atoms with Crippen LogP contribution in [0.5, 0.6) is 0 Å². The van der Waals surface area contributed by atoms with Crippen LogP contribution in [0, 0.1) is 17.7 Å². The minimum atomic E-state index is -0.988. The molecule has 1 unspecified atom stereocenters. The summed E-state index contributed by atoms with van der Waals surface area (Å²) in [5.74, 6) is -2.67. The second-order valence-electron chi connectivity index (χ2n) is 4.82. The van der Waals surface area contributed by atoms with Crippen LogP contribution in [0.1, 0.15) is 20.8 Å². The number of hydrogen-bond acceptors (Lipinski definition) is 2. The van der Waals surface area contributed by atoms with E-state index < -0.39 is 17.7 Å². The highest BCUT2D eigenvalue weighted by molar-refractivity contribution is 5.95. The van der Waals surface area contributed by atoms with Crippen LogP contribution in [0.25, 0.3) is 0 Å². The molecular weight excluding hydrogens is 249 g/mol. The Labute approximate surface area is 111 Å². The maximum atomic E-state index is 13.2. The van der Waals surface area contributed by atoms with E-state index in [1.807, 2.05) is 0 Å². The fourth-order valence-electron chi connectivity index (χ4n) is 1.63. The Kier molecular flexibility index (Phi) is 5.03. The van der Waals surface area contributed by atoms with E-state index in [2.05, 4.69) is 0 Å². The third-order valence-corrected chi connectivity index (χ3v) is 2.76. The molecule has 1 N–H and O–H groups in total. The topological polar surface area (TPSA) is 57.6 Å². The van der Waals surface area contributed by atoms with Crippen LogP contribution in [-0.2, 0) is 9.59 Å². The number of carbonyl (C=O) groups excluding carboxylic acids is 1. The maximum Gasteiger partial charge on any atom is 0.308 e. The number of rotatable bonds is 5. The van der Waals surface area contributed by atoms with Gasteiger partial charge in [0, 0.05) is 18.2 Å². The second-order valence-corrected chi connectivity index (χ2v) is 4.82. The first-order valence-electron chi connectivity index (χ1n) is 6.12. The van der Waals surface area contributed by atoms with E-state index >= 15 is 0 Å². The van der Waals surface area contributed by atoms with E-state index in [0.29, 0.717) is 5.69 Å². The van der Waals surface area contributed by atoms with Gasteiger partial charge in [0.1, 0.15) is 5.82 Å². The lowest BCUT2D eigenvalue weighted by Crippen LogP contribution is -2.39. The molecular formula is C14H18FNO3. The van der Waals surface area contributed by atoms with Crippen molar-refractivity contribution in [3.8, 4) is 0 Å². The average molecular weight is 267 g/mol. The number of benzene rings is 1. The van der Waals surface area contributed by atoms with Crippen LogP contribution in [0.15, 0.2) is 24.3 Å².